The van der Waals surface area contributed by atoms with Crippen LogP contribution in [-0.2, 0) is 9.53 Å². The van der Waals surface area contributed by atoms with Crippen LogP contribution in [0.2, 0.25) is 0 Å². The lowest BCUT2D eigenvalue weighted by Gasteiger charge is -2.26. The quantitative estimate of drug-likeness (QED) is 0.582. The van der Waals surface area contributed by atoms with E-state index >= 15 is 0 Å². The van der Waals surface area contributed by atoms with Gasteiger partial charge in [-0.3, -0.25) is 9.36 Å². The Kier molecular flexibility index (Phi) is 6.12. The van der Waals surface area contributed by atoms with Crippen molar-refractivity contribution < 1.29 is 14.3 Å². The van der Waals surface area contributed by atoms with Gasteiger partial charge < -0.3 is 14.4 Å². The highest BCUT2D eigenvalue weighted by molar-refractivity contribution is 7.99. The highest BCUT2D eigenvalue weighted by Gasteiger charge is 2.20. The van der Waals surface area contributed by atoms with Crippen molar-refractivity contribution in [1.29, 1.82) is 0 Å². The topological polar surface area (TPSA) is 69.5 Å². The molecule has 0 bridgehead atoms. The van der Waals surface area contributed by atoms with E-state index in [-0.39, 0.29) is 5.91 Å². The summed E-state index contributed by atoms with van der Waals surface area (Å²) in [6.07, 6.45) is 0. The van der Waals surface area contributed by atoms with E-state index in [9.17, 15) is 4.79 Å². The summed E-state index contributed by atoms with van der Waals surface area (Å²) in [5.74, 6) is 1.91. The van der Waals surface area contributed by atoms with Gasteiger partial charge in [0.1, 0.15) is 5.75 Å². The molecular weight excluding hydrogens is 388 g/mol. The van der Waals surface area contributed by atoms with E-state index in [1.54, 1.807) is 7.11 Å². The van der Waals surface area contributed by atoms with Gasteiger partial charge in [0.15, 0.2) is 11.0 Å². The summed E-state index contributed by atoms with van der Waals surface area (Å²) < 4.78 is 12.6. The van der Waals surface area contributed by atoms with E-state index in [0.29, 0.717) is 37.2 Å². The van der Waals surface area contributed by atoms with Crippen molar-refractivity contribution in [2.24, 2.45) is 0 Å². The third-order valence-electron chi connectivity index (χ3n) is 4.68. The minimum Gasteiger partial charge on any atom is -0.497 e. The lowest BCUT2D eigenvalue weighted by atomic mass is 10.2. The maximum absolute atomic E-state index is 12.5. The standard InChI is InChI=1S/C21H22N4O3S/c1-27-18-9-7-16(8-10-18)20-22-23-21(25(20)17-5-3-2-4-6-17)29-15-19(26)24-11-13-28-14-12-24/h2-10H,11-15H2,1H3. The van der Waals surface area contributed by atoms with Gasteiger partial charge in [0, 0.05) is 24.3 Å². The van der Waals surface area contributed by atoms with Gasteiger partial charge in [0.2, 0.25) is 5.91 Å². The molecule has 1 fully saturated rings. The number of nitrogens with zero attached hydrogens (tertiary/aromatic N) is 4. The first-order valence-electron chi connectivity index (χ1n) is 9.40. The summed E-state index contributed by atoms with van der Waals surface area (Å²) in [6, 6.07) is 17.6. The van der Waals surface area contributed by atoms with E-state index in [1.807, 2.05) is 64.1 Å². The van der Waals surface area contributed by atoms with Gasteiger partial charge in [0.25, 0.3) is 0 Å². The second kappa shape index (κ2) is 9.11. The molecular formula is C21H22N4O3S. The molecule has 1 aliphatic heterocycles. The Morgan fingerprint density at radius 3 is 2.48 bits per heavy atom. The molecule has 2 aromatic carbocycles. The number of carbonyl (C=O) groups is 1. The van der Waals surface area contributed by atoms with Crippen molar-refractivity contribution in [3.63, 3.8) is 0 Å². The van der Waals surface area contributed by atoms with Crippen LogP contribution in [0, 0.1) is 0 Å². The molecule has 0 aliphatic carbocycles. The van der Waals surface area contributed by atoms with E-state index in [1.165, 1.54) is 11.8 Å². The number of para-hydroxylation sites is 1. The largest absolute Gasteiger partial charge is 0.497 e. The van der Waals surface area contributed by atoms with Crippen LogP contribution >= 0.6 is 11.8 Å². The highest BCUT2D eigenvalue weighted by atomic mass is 32.2. The van der Waals surface area contributed by atoms with Gasteiger partial charge in [-0.15, -0.1) is 10.2 Å². The zero-order valence-electron chi connectivity index (χ0n) is 16.2. The molecule has 1 saturated heterocycles. The number of hydrogen-bond acceptors (Lipinski definition) is 6. The first-order chi connectivity index (χ1) is 14.3. The maximum Gasteiger partial charge on any atom is 0.233 e. The van der Waals surface area contributed by atoms with Crippen LogP contribution in [0.3, 0.4) is 0 Å². The number of ether oxygens (including phenoxy) is 2. The van der Waals surface area contributed by atoms with Crippen LogP contribution in [0.15, 0.2) is 59.8 Å². The minimum absolute atomic E-state index is 0.0897. The molecule has 29 heavy (non-hydrogen) atoms. The predicted octanol–water partition coefficient (Wildman–Crippen LogP) is 2.89. The molecule has 0 radical (unpaired) electrons. The number of rotatable bonds is 6. The first kappa shape index (κ1) is 19.5. The van der Waals surface area contributed by atoms with Crippen LogP contribution in [0.1, 0.15) is 0 Å². The molecule has 4 rings (SSSR count). The summed E-state index contributed by atoms with van der Waals surface area (Å²) in [5, 5.41) is 9.48. The van der Waals surface area contributed by atoms with Gasteiger partial charge in [-0.1, -0.05) is 30.0 Å². The molecule has 150 valence electrons. The Labute approximate surface area is 173 Å². The van der Waals surface area contributed by atoms with Gasteiger partial charge >= 0.3 is 0 Å². The summed E-state index contributed by atoms with van der Waals surface area (Å²) in [5.41, 5.74) is 1.87. The first-order valence-corrected chi connectivity index (χ1v) is 10.4. The van der Waals surface area contributed by atoms with Crippen LogP contribution in [0.4, 0.5) is 0 Å². The average Bonchev–Trinajstić information content (AvgIpc) is 3.22. The molecule has 1 aromatic heterocycles. The highest BCUT2D eigenvalue weighted by Crippen LogP contribution is 2.29. The van der Waals surface area contributed by atoms with Crippen molar-refractivity contribution in [1.82, 2.24) is 19.7 Å². The molecule has 0 N–H and O–H groups in total. The average molecular weight is 410 g/mol. The van der Waals surface area contributed by atoms with Crippen LogP contribution in [0.25, 0.3) is 17.1 Å². The van der Waals surface area contributed by atoms with E-state index in [2.05, 4.69) is 10.2 Å². The predicted molar refractivity (Wildman–Crippen MR) is 111 cm³/mol. The molecule has 3 aromatic rings. The Morgan fingerprint density at radius 1 is 1.07 bits per heavy atom. The second-order valence-corrected chi connectivity index (χ2v) is 7.43. The summed E-state index contributed by atoms with van der Waals surface area (Å²) in [4.78, 5) is 14.4. The summed E-state index contributed by atoms with van der Waals surface area (Å²) in [7, 11) is 1.64. The third-order valence-corrected chi connectivity index (χ3v) is 5.60. The fraction of sp³-hybridized carbons (Fsp3) is 0.286. The summed E-state index contributed by atoms with van der Waals surface area (Å²) >= 11 is 1.40. The lowest BCUT2D eigenvalue weighted by molar-refractivity contribution is -0.132. The van der Waals surface area contributed by atoms with Gasteiger partial charge in [-0.25, -0.2) is 0 Å². The maximum atomic E-state index is 12.5. The smallest absolute Gasteiger partial charge is 0.233 e. The minimum atomic E-state index is 0.0897. The number of methoxy groups -OCH3 is 1. The van der Waals surface area contributed by atoms with Crippen molar-refractivity contribution in [3.05, 3.63) is 54.6 Å². The number of thioether (sulfide) groups is 1. The zero-order valence-corrected chi connectivity index (χ0v) is 17.0. The molecule has 2 heterocycles. The summed E-state index contributed by atoms with van der Waals surface area (Å²) in [6.45, 7) is 2.47. The van der Waals surface area contributed by atoms with Crippen molar-refractivity contribution in [3.8, 4) is 22.8 Å². The SMILES string of the molecule is COc1ccc(-c2nnc(SCC(=O)N3CCOCC3)n2-c2ccccc2)cc1. The van der Waals surface area contributed by atoms with E-state index in [0.717, 1.165) is 22.8 Å². The van der Waals surface area contributed by atoms with Crippen LogP contribution in [-0.4, -0.2) is 64.7 Å². The Bertz CT molecular complexity index is 954. The molecule has 1 amide bonds. The molecule has 0 atom stereocenters. The Morgan fingerprint density at radius 2 is 1.79 bits per heavy atom. The van der Waals surface area contributed by atoms with Crippen molar-refractivity contribution in [2.45, 2.75) is 5.16 Å². The van der Waals surface area contributed by atoms with E-state index < -0.39 is 0 Å². The Balaban J connectivity index is 1.61. The number of benzene rings is 2. The fourth-order valence-corrected chi connectivity index (χ4v) is 3.99. The number of aromatic nitrogens is 3. The Hall–Kier alpha value is -2.84. The number of hydrogen-bond donors (Lipinski definition) is 0. The zero-order chi connectivity index (χ0) is 20.1. The van der Waals surface area contributed by atoms with Crippen LogP contribution in [0.5, 0.6) is 5.75 Å². The van der Waals surface area contributed by atoms with Gasteiger partial charge in [-0.05, 0) is 36.4 Å². The van der Waals surface area contributed by atoms with E-state index in [4.69, 9.17) is 9.47 Å². The van der Waals surface area contributed by atoms with Crippen molar-refractivity contribution >= 4 is 17.7 Å². The number of morpholine rings is 1. The second-order valence-electron chi connectivity index (χ2n) is 6.49. The van der Waals surface area contributed by atoms with Gasteiger partial charge in [0.05, 0.1) is 26.1 Å². The lowest BCUT2D eigenvalue weighted by Crippen LogP contribution is -2.41. The number of amides is 1. The molecule has 7 nitrogen and oxygen atoms in total. The molecule has 0 spiro atoms. The molecule has 0 saturated carbocycles. The third kappa shape index (κ3) is 4.44. The molecule has 1 aliphatic rings. The fourth-order valence-electron chi connectivity index (χ4n) is 3.13. The monoisotopic (exact) mass is 410 g/mol. The molecule has 8 heteroatoms. The molecule has 0 unspecified atom stereocenters. The number of carbonyl (C=O) groups excluding carboxylic acids is 1. The van der Waals surface area contributed by atoms with Crippen LogP contribution < -0.4 is 4.74 Å². The normalized spacial score (nSPS) is 14.0. The van der Waals surface area contributed by atoms with Crippen molar-refractivity contribution in [2.75, 3.05) is 39.2 Å². The van der Waals surface area contributed by atoms with Gasteiger partial charge in [-0.2, -0.15) is 0 Å².